The summed E-state index contributed by atoms with van der Waals surface area (Å²) < 4.78 is 0. The molecule has 2 amide bonds. The third kappa shape index (κ3) is 6.14. The van der Waals surface area contributed by atoms with Crippen LogP contribution in [0.1, 0.15) is 38.8 Å². The van der Waals surface area contributed by atoms with Crippen LogP contribution in [0.15, 0.2) is 24.3 Å². The minimum atomic E-state index is -0.186. The van der Waals surface area contributed by atoms with Crippen LogP contribution >= 0.6 is 0 Å². The van der Waals surface area contributed by atoms with Gasteiger partial charge in [0, 0.05) is 30.9 Å². The lowest BCUT2D eigenvalue weighted by Crippen LogP contribution is -2.38. The molecule has 1 aromatic carbocycles. The van der Waals surface area contributed by atoms with Gasteiger partial charge in [-0.2, -0.15) is 0 Å². The normalized spacial score (nSPS) is 13.8. The van der Waals surface area contributed by atoms with E-state index in [-0.39, 0.29) is 12.1 Å². The zero-order chi connectivity index (χ0) is 15.8. The maximum Gasteiger partial charge on any atom is 0.319 e. The molecule has 2 atom stereocenters. The summed E-state index contributed by atoms with van der Waals surface area (Å²) in [4.78, 5) is 14.1. The Hall–Kier alpha value is -1.59. The first-order valence-electron chi connectivity index (χ1n) is 7.54. The molecule has 21 heavy (non-hydrogen) atoms. The predicted octanol–water partition coefficient (Wildman–Crippen LogP) is 2.56. The van der Waals surface area contributed by atoms with Crippen molar-refractivity contribution in [1.29, 1.82) is 0 Å². The number of carbonyl (C=O) groups excluding carboxylic acids is 1. The van der Waals surface area contributed by atoms with Crippen molar-refractivity contribution in [2.45, 2.75) is 39.3 Å². The molecule has 4 N–H and O–H groups in total. The maximum absolute atomic E-state index is 11.8. The minimum absolute atomic E-state index is 0.0426. The second-order valence-electron chi connectivity index (χ2n) is 5.53. The molecule has 1 rings (SSSR count). The van der Waals surface area contributed by atoms with Crippen molar-refractivity contribution >= 4 is 11.7 Å². The van der Waals surface area contributed by atoms with Gasteiger partial charge in [0.25, 0.3) is 0 Å². The number of hydrogen-bond acceptors (Lipinski definition) is 3. The Morgan fingerprint density at radius 3 is 2.71 bits per heavy atom. The number of nitrogens with one attached hydrogen (secondary N) is 2. The summed E-state index contributed by atoms with van der Waals surface area (Å²) >= 11 is 0. The second kappa shape index (κ2) is 8.64. The molecule has 0 aromatic heterocycles. The number of rotatable bonds is 7. The third-order valence-electron chi connectivity index (χ3n) is 3.76. The van der Waals surface area contributed by atoms with E-state index in [9.17, 15) is 4.79 Å². The number of urea groups is 1. The fourth-order valence-corrected chi connectivity index (χ4v) is 1.95. The van der Waals surface area contributed by atoms with E-state index in [2.05, 4.69) is 36.4 Å². The Balaban J connectivity index is 2.39. The van der Waals surface area contributed by atoms with Crippen molar-refractivity contribution in [3.05, 3.63) is 29.8 Å². The Morgan fingerprint density at radius 2 is 2.10 bits per heavy atom. The maximum atomic E-state index is 11.8. The lowest BCUT2D eigenvalue weighted by atomic mass is 10.1. The number of anilines is 1. The van der Waals surface area contributed by atoms with Gasteiger partial charge in [-0.25, -0.2) is 4.79 Å². The molecular formula is C16H28N4O. The SMILES string of the molecule is CCC(C)N(C)CCNC(=O)Nc1cccc(C(C)N)c1. The van der Waals surface area contributed by atoms with Gasteiger partial charge in [-0.15, -0.1) is 0 Å². The first-order chi connectivity index (χ1) is 9.93. The lowest BCUT2D eigenvalue weighted by Gasteiger charge is -2.23. The van der Waals surface area contributed by atoms with Gasteiger partial charge in [-0.3, -0.25) is 0 Å². The average Bonchev–Trinajstić information content (AvgIpc) is 2.46. The highest BCUT2D eigenvalue weighted by Crippen LogP contribution is 2.15. The van der Waals surface area contributed by atoms with Crippen molar-refractivity contribution in [3.63, 3.8) is 0 Å². The van der Waals surface area contributed by atoms with Crippen LogP contribution in [-0.2, 0) is 0 Å². The molecule has 0 bridgehead atoms. The lowest BCUT2D eigenvalue weighted by molar-refractivity contribution is 0.238. The molecule has 2 unspecified atom stereocenters. The second-order valence-corrected chi connectivity index (χ2v) is 5.53. The zero-order valence-corrected chi connectivity index (χ0v) is 13.5. The summed E-state index contributed by atoms with van der Waals surface area (Å²) in [5.74, 6) is 0. The smallest absolute Gasteiger partial charge is 0.319 e. The number of carbonyl (C=O) groups is 1. The molecule has 1 aromatic rings. The van der Waals surface area contributed by atoms with Gasteiger partial charge in [0.05, 0.1) is 0 Å². The van der Waals surface area contributed by atoms with Crippen LogP contribution in [0.3, 0.4) is 0 Å². The highest BCUT2D eigenvalue weighted by Gasteiger charge is 2.07. The van der Waals surface area contributed by atoms with Crippen LogP contribution in [-0.4, -0.2) is 37.1 Å². The number of hydrogen-bond donors (Lipinski definition) is 3. The molecule has 0 spiro atoms. The van der Waals surface area contributed by atoms with Crippen LogP contribution in [0.5, 0.6) is 0 Å². The standard InChI is InChI=1S/C16H28N4O/c1-5-12(2)20(4)10-9-18-16(21)19-15-8-6-7-14(11-15)13(3)17/h6-8,11-13H,5,9-10,17H2,1-4H3,(H2,18,19,21). The summed E-state index contributed by atoms with van der Waals surface area (Å²) in [6.45, 7) is 7.72. The summed E-state index contributed by atoms with van der Waals surface area (Å²) in [7, 11) is 2.07. The van der Waals surface area contributed by atoms with E-state index >= 15 is 0 Å². The molecule has 0 heterocycles. The van der Waals surface area contributed by atoms with Crippen molar-refractivity contribution in [3.8, 4) is 0 Å². The van der Waals surface area contributed by atoms with E-state index in [1.165, 1.54) is 0 Å². The molecule has 5 nitrogen and oxygen atoms in total. The van der Waals surface area contributed by atoms with E-state index in [0.29, 0.717) is 12.6 Å². The van der Waals surface area contributed by atoms with Crippen LogP contribution in [0, 0.1) is 0 Å². The van der Waals surface area contributed by atoms with Crippen LogP contribution in [0.25, 0.3) is 0 Å². The quantitative estimate of drug-likeness (QED) is 0.723. The first-order valence-corrected chi connectivity index (χ1v) is 7.54. The fourth-order valence-electron chi connectivity index (χ4n) is 1.95. The summed E-state index contributed by atoms with van der Waals surface area (Å²) in [5.41, 5.74) is 7.60. The summed E-state index contributed by atoms with van der Waals surface area (Å²) in [6.07, 6.45) is 1.10. The van der Waals surface area contributed by atoms with Crippen molar-refractivity contribution in [1.82, 2.24) is 10.2 Å². The van der Waals surface area contributed by atoms with Crippen LogP contribution in [0.4, 0.5) is 10.5 Å². The average molecular weight is 292 g/mol. The molecular weight excluding hydrogens is 264 g/mol. The van der Waals surface area contributed by atoms with Gasteiger partial charge in [-0.05, 0) is 45.0 Å². The van der Waals surface area contributed by atoms with Crippen LogP contribution < -0.4 is 16.4 Å². The third-order valence-corrected chi connectivity index (χ3v) is 3.76. The Bertz CT molecular complexity index is 448. The summed E-state index contributed by atoms with van der Waals surface area (Å²) in [5, 5.41) is 5.70. The Labute approximate surface area is 127 Å². The van der Waals surface area contributed by atoms with E-state index in [0.717, 1.165) is 24.2 Å². The first kappa shape index (κ1) is 17.5. The molecule has 0 aliphatic rings. The zero-order valence-electron chi connectivity index (χ0n) is 13.5. The molecule has 0 fully saturated rings. The van der Waals surface area contributed by atoms with E-state index in [1.807, 2.05) is 31.2 Å². The van der Waals surface area contributed by atoms with Crippen molar-refractivity contribution < 1.29 is 4.79 Å². The number of benzene rings is 1. The topological polar surface area (TPSA) is 70.4 Å². The number of nitrogens with two attached hydrogens (primary N) is 1. The van der Waals surface area contributed by atoms with Gasteiger partial charge >= 0.3 is 6.03 Å². The molecule has 0 saturated carbocycles. The number of likely N-dealkylation sites (N-methyl/N-ethyl adjacent to an activating group) is 1. The van der Waals surface area contributed by atoms with Gasteiger partial charge in [0.15, 0.2) is 0 Å². The molecule has 0 radical (unpaired) electrons. The van der Waals surface area contributed by atoms with Gasteiger partial charge in [0.1, 0.15) is 0 Å². The van der Waals surface area contributed by atoms with Gasteiger partial charge < -0.3 is 21.3 Å². The highest BCUT2D eigenvalue weighted by atomic mass is 16.2. The van der Waals surface area contributed by atoms with E-state index in [4.69, 9.17) is 5.73 Å². The molecule has 0 saturated heterocycles. The number of nitrogens with zero attached hydrogens (tertiary/aromatic N) is 1. The Kier molecular flexibility index (Phi) is 7.19. The predicted molar refractivity (Wildman–Crippen MR) is 88.4 cm³/mol. The fraction of sp³-hybridized carbons (Fsp3) is 0.562. The molecule has 5 heteroatoms. The summed E-state index contributed by atoms with van der Waals surface area (Å²) in [6, 6.07) is 7.90. The molecule has 0 aliphatic heterocycles. The van der Waals surface area contributed by atoms with Crippen LogP contribution in [0.2, 0.25) is 0 Å². The van der Waals surface area contributed by atoms with Gasteiger partial charge in [-0.1, -0.05) is 19.1 Å². The number of amides is 2. The molecule has 0 aliphatic carbocycles. The van der Waals surface area contributed by atoms with Crippen molar-refractivity contribution in [2.75, 3.05) is 25.5 Å². The Morgan fingerprint density at radius 1 is 1.38 bits per heavy atom. The largest absolute Gasteiger partial charge is 0.337 e. The monoisotopic (exact) mass is 292 g/mol. The van der Waals surface area contributed by atoms with E-state index in [1.54, 1.807) is 0 Å². The minimum Gasteiger partial charge on any atom is -0.337 e. The van der Waals surface area contributed by atoms with Crippen molar-refractivity contribution in [2.24, 2.45) is 5.73 Å². The van der Waals surface area contributed by atoms with Gasteiger partial charge in [0.2, 0.25) is 0 Å². The highest BCUT2D eigenvalue weighted by molar-refractivity contribution is 5.89. The van der Waals surface area contributed by atoms with E-state index < -0.39 is 0 Å². The molecule has 118 valence electrons.